The van der Waals surface area contributed by atoms with E-state index in [0.29, 0.717) is 12.5 Å². The third-order valence-electron chi connectivity index (χ3n) is 2.67. The van der Waals surface area contributed by atoms with Gasteiger partial charge in [0.1, 0.15) is 5.69 Å². The molecule has 0 saturated heterocycles. The molecule has 1 N–H and O–H groups in total. The van der Waals surface area contributed by atoms with Crippen LogP contribution in [0.2, 0.25) is 0 Å². The zero-order valence-electron chi connectivity index (χ0n) is 13.3. The molecule has 0 aliphatic heterocycles. The zero-order chi connectivity index (χ0) is 15.9. The fourth-order valence-corrected chi connectivity index (χ4v) is 1.61. The topological polar surface area (TPSA) is 59.9 Å². The standard InChI is InChI=1S/C15H23N3O3/c1-6-20-12(2)17-21-11-15(19)16-13-7-9-14(10-8-13)18(3,4)5/h7-10H,6,11H2,1-5H3/p+1/b17-12+. The molecule has 0 fully saturated rings. The maximum atomic E-state index is 11.7. The Balaban J connectivity index is 2.47. The number of hydrogen-bond acceptors (Lipinski definition) is 4. The lowest BCUT2D eigenvalue weighted by Crippen LogP contribution is -2.34. The van der Waals surface area contributed by atoms with Crippen LogP contribution in [0.15, 0.2) is 29.4 Å². The van der Waals surface area contributed by atoms with Crippen LogP contribution >= 0.6 is 0 Å². The molecule has 0 unspecified atom stereocenters. The third kappa shape index (κ3) is 6.27. The minimum atomic E-state index is -0.263. The number of rotatable bonds is 6. The number of quaternary nitrogens is 1. The van der Waals surface area contributed by atoms with E-state index < -0.39 is 0 Å². The first kappa shape index (κ1) is 17.0. The maximum absolute atomic E-state index is 11.7. The van der Waals surface area contributed by atoms with Crippen molar-refractivity contribution in [3.63, 3.8) is 0 Å². The van der Waals surface area contributed by atoms with Gasteiger partial charge in [0, 0.05) is 24.7 Å². The number of carbonyl (C=O) groups excluding carboxylic acids is 1. The minimum Gasteiger partial charge on any atom is -0.479 e. The molecule has 0 aliphatic carbocycles. The maximum Gasteiger partial charge on any atom is 0.265 e. The van der Waals surface area contributed by atoms with Crippen LogP contribution in [0.5, 0.6) is 0 Å². The SMILES string of the molecule is CCO/C(C)=N/OCC(=O)Nc1ccc([N+](C)(C)C)cc1. The summed E-state index contributed by atoms with van der Waals surface area (Å²) in [4.78, 5) is 16.6. The number of benzene rings is 1. The van der Waals surface area contributed by atoms with Gasteiger partial charge in [0.15, 0.2) is 6.61 Å². The molecule has 1 aromatic rings. The van der Waals surface area contributed by atoms with E-state index in [9.17, 15) is 4.79 Å². The quantitative estimate of drug-likeness (QED) is 0.379. The average Bonchev–Trinajstić information content (AvgIpc) is 2.38. The average molecular weight is 294 g/mol. The molecule has 6 heteroatoms. The molecule has 0 heterocycles. The predicted molar refractivity (Wildman–Crippen MR) is 85.3 cm³/mol. The highest BCUT2D eigenvalue weighted by Crippen LogP contribution is 2.19. The van der Waals surface area contributed by atoms with Crippen LogP contribution in [0.4, 0.5) is 11.4 Å². The molecule has 1 rings (SSSR count). The van der Waals surface area contributed by atoms with Crippen LogP contribution in [0.25, 0.3) is 0 Å². The molecule has 1 amide bonds. The molecule has 1 aromatic carbocycles. The third-order valence-corrected chi connectivity index (χ3v) is 2.67. The highest BCUT2D eigenvalue weighted by molar-refractivity contribution is 5.91. The molecule has 6 nitrogen and oxygen atoms in total. The summed E-state index contributed by atoms with van der Waals surface area (Å²) < 4.78 is 5.80. The van der Waals surface area contributed by atoms with E-state index >= 15 is 0 Å². The lowest BCUT2D eigenvalue weighted by molar-refractivity contribution is -0.120. The first-order chi connectivity index (χ1) is 9.82. The lowest BCUT2D eigenvalue weighted by Gasteiger charge is -2.23. The second-order valence-electron chi connectivity index (χ2n) is 5.42. The van der Waals surface area contributed by atoms with E-state index in [0.717, 1.165) is 15.9 Å². The lowest BCUT2D eigenvalue weighted by atomic mass is 10.2. The Bertz CT molecular complexity index is 490. The fraction of sp³-hybridized carbons (Fsp3) is 0.467. The Morgan fingerprint density at radius 2 is 1.86 bits per heavy atom. The van der Waals surface area contributed by atoms with Crippen molar-refractivity contribution in [1.82, 2.24) is 4.48 Å². The van der Waals surface area contributed by atoms with Gasteiger partial charge in [-0.2, -0.15) is 0 Å². The Labute approximate surface area is 125 Å². The van der Waals surface area contributed by atoms with Gasteiger partial charge < -0.3 is 14.9 Å². The highest BCUT2D eigenvalue weighted by Gasteiger charge is 2.11. The van der Waals surface area contributed by atoms with Crippen LogP contribution < -0.4 is 9.80 Å². The Kier molecular flexibility index (Phi) is 6.17. The molecule has 21 heavy (non-hydrogen) atoms. The molecule has 0 saturated carbocycles. The van der Waals surface area contributed by atoms with Crippen molar-refractivity contribution >= 4 is 23.2 Å². The monoisotopic (exact) mass is 294 g/mol. The molecule has 0 aliphatic rings. The van der Waals surface area contributed by atoms with E-state index in [1.807, 2.05) is 31.2 Å². The van der Waals surface area contributed by atoms with Crippen molar-refractivity contribution in [3.8, 4) is 0 Å². The molecular weight excluding hydrogens is 270 g/mol. The second-order valence-corrected chi connectivity index (χ2v) is 5.42. The number of amides is 1. The van der Waals surface area contributed by atoms with E-state index in [-0.39, 0.29) is 12.5 Å². The summed E-state index contributed by atoms with van der Waals surface area (Å²) in [5.41, 5.74) is 1.88. The molecule has 0 spiro atoms. The van der Waals surface area contributed by atoms with Crippen molar-refractivity contribution in [2.45, 2.75) is 13.8 Å². The van der Waals surface area contributed by atoms with Gasteiger partial charge in [-0.15, -0.1) is 0 Å². The molecule has 0 aromatic heterocycles. The van der Waals surface area contributed by atoms with E-state index in [2.05, 4.69) is 31.6 Å². The summed E-state index contributed by atoms with van der Waals surface area (Å²) in [6.07, 6.45) is 0. The van der Waals surface area contributed by atoms with Gasteiger partial charge in [0.25, 0.3) is 5.91 Å². The van der Waals surface area contributed by atoms with Gasteiger partial charge in [0.2, 0.25) is 5.90 Å². The normalized spacial score (nSPS) is 12.0. The van der Waals surface area contributed by atoms with Crippen LogP contribution in [-0.4, -0.2) is 46.2 Å². The van der Waals surface area contributed by atoms with Crippen molar-refractivity contribution in [2.75, 3.05) is 39.7 Å². The molecule has 0 bridgehead atoms. The van der Waals surface area contributed by atoms with Crippen molar-refractivity contribution in [2.24, 2.45) is 5.16 Å². The summed E-state index contributed by atoms with van der Waals surface area (Å²) in [6, 6.07) is 7.69. The minimum absolute atomic E-state index is 0.151. The molecule has 0 radical (unpaired) electrons. The number of oxime groups is 1. The van der Waals surface area contributed by atoms with Gasteiger partial charge in [0.05, 0.1) is 27.7 Å². The number of carbonyl (C=O) groups is 1. The van der Waals surface area contributed by atoms with Crippen LogP contribution in [0, 0.1) is 0 Å². The summed E-state index contributed by atoms with van der Waals surface area (Å²) in [7, 11) is 6.25. The second kappa shape index (κ2) is 7.64. The van der Waals surface area contributed by atoms with Gasteiger partial charge >= 0.3 is 0 Å². The van der Waals surface area contributed by atoms with Crippen molar-refractivity contribution in [3.05, 3.63) is 24.3 Å². The first-order valence-electron chi connectivity index (χ1n) is 6.84. The van der Waals surface area contributed by atoms with Gasteiger partial charge in [-0.25, -0.2) is 0 Å². The van der Waals surface area contributed by atoms with Gasteiger partial charge in [-0.05, 0) is 19.1 Å². The molecular formula is C15H24N3O3+. The van der Waals surface area contributed by atoms with Gasteiger partial charge in [-0.1, -0.05) is 5.16 Å². The van der Waals surface area contributed by atoms with Crippen LogP contribution in [0.3, 0.4) is 0 Å². The van der Waals surface area contributed by atoms with E-state index in [1.165, 1.54) is 0 Å². The Morgan fingerprint density at radius 3 is 2.38 bits per heavy atom. The number of anilines is 1. The molecule has 0 atom stereocenters. The number of nitrogens with one attached hydrogen (secondary N) is 1. The summed E-state index contributed by atoms with van der Waals surface area (Å²) in [5.74, 6) is 0.138. The van der Waals surface area contributed by atoms with Crippen LogP contribution in [-0.2, 0) is 14.4 Å². The summed E-state index contributed by atoms with van der Waals surface area (Å²) in [6.45, 7) is 3.89. The number of nitrogens with zero attached hydrogens (tertiary/aromatic N) is 2. The summed E-state index contributed by atoms with van der Waals surface area (Å²) >= 11 is 0. The Hall–Kier alpha value is -2.08. The number of ether oxygens (including phenoxy) is 1. The van der Waals surface area contributed by atoms with E-state index in [4.69, 9.17) is 9.57 Å². The largest absolute Gasteiger partial charge is 0.479 e. The predicted octanol–water partition coefficient (Wildman–Crippen LogP) is 2.21. The first-order valence-corrected chi connectivity index (χ1v) is 6.84. The fourth-order valence-electron chi connectivity index (χ4n) is 1.61. The summed E-state index contributed by atoms with van der Waals surface area (Å²) in [5, 5.41) is 6.42. The smallest absolute Gasteiger partial charge is 0.265 e. The Morgan fingerprint density at radius 1 is 1.24 bits per heavy atom. The molecule has 116 valence electrons. The van der Waals surface area contributed by atoms with E-state index in [1.54, 1.807) is 6.92 Å². The number of hydrogen-bond donors (Lipinski definition) is 1. The van der Waals surface area contributed by atoms with Crippen LogP contribution in [0.1, 0.15) is 13.8 Å². The van der Waals surface area contributed by atoms with Crippen molar-refractivity contribution in [1.29, 1.82) is 0 Å². The van der Waals surface area contributed by atoms with Crippen molar-refractivity contribution < 1.29 is 14.4 Å². The highest BCUT2D eigenvalue weighted by atomic mass is 16.6. The van der Waals surface area contributed by atoms with Gasteiger partial charge in [-0.3, -0.25) is 9.28 Å². The zero-order valence-corrected chi connectivity index (χ0v) is 13.3.